The van der Waals surface area contributed by atoms with E-state index in [4.69, 9.17) is 23.7 Å². The van der Waals surface area contributed by atoms with Crippen molar-refractivity contribution in [3.8, 4) is 11.5 Å². The van der Waals surface area contributed by atoms with Crippen LogP contribution in [0.1, 0.15) is 47.1 Å². The van der Waals surface area contributed by atoms with Crippen LogP contribution in [0.3, 0.4) is 0 Å². The number of imidazole rings is 1. The second-order valence-electron chi connectivity index (χ2n) is 13.1. The molecule has 6 aromatic rings. The number of benzene rings is 4. The summed E-state index contributed by atoms with van der Waals surface area (Å²) in [5, 5.41) is 13.4. The second-order valence-corrected chi connectivity index (χ2v) is 13.1. The Balaban J connectivity index is 1.39. The molecule has 0 bridgehead atoms. The first kappa shape index (κ1) is 39.3. The molecule has 0 spiro atoms. The maximum absolute atomic E-state index is 13.1. The highest BCUT2D eigenvalue weighted by atomic mass is 16.6. The first-order valence-electron chi connectivity index (χ1n) is 17.9. The minimum atomic E-state index is -1.23. The van der Waals surface area contributed by atoms with Crippen LogP contribution >= 0.6 is 0 Å². The summed E-state index contributed by atoms with van der Waals surface area (Å²) in [7, 11) is 3.18. The summed E-state index contributed by atoms with van der Waals surface area (Å²) in [6, 6.07) is 33.1. The van der Waals surface area contributed by atoms with Crippen LogP contribution in [0.15, 0.2) is 120 Å². The van der Waals surface area contributed by atoms with Gasteiger partial charge in [-0.15, -0.1) is 0 Å². The van der Waals surface area contributed by atoms with Crippen LogP contribution in [0.5, 0.6) is 11.5 Å². The Morgan fingerprint density at radius 2 is 1.39 bits per heavy atom. The van der Waals surface area contributed by atoms with Crippen LogP contribution in [0, 0.1) is 5.92 Å². The molecule has 0 aliphatic rings. The first-order chi connectivity index (χ1) is 27.2. The van der Waals surface area contributed by atoms with Gasteiger partial charge in [0.15, 0.2) is 17.4 Å². The third-order valence-corrected chi connectivity index (χ3v) is 9.09. The van der Waals surface area contributed by atoms with Crippen molar-refractivity contribution in [1.82, 2.24) is 19.5 Å². The number of aliphatic hydroxyl groups is 1. The fraction of sp³-hybridized carbons (Fsp3) is 0.262. The van der Waals surface area contributed by atoms with Crippen LogP contribution in [0.25, 0.3) is 11.2 Å². The van der Waals surface area contributed by atoms with E-state index < -0.39 is 42.0 Å². The lowest BCUT2D eigenvalue weighted by molar-refractivity contribution is -0.137. The van der Waals surface area contributed by atoms with E-state index >= 15 is 0 Å². The number of aromatic amines is 1. The molecule has 2 heterocycles. The zero-order valence-electron chi connectivity index (χ0n) is 31.4. The molecule has 2 aromatic heterocycles. The molecule has 2 atom stereocenters. The number of hydrogen-bond acceptors (Lipinski definition) is 11. The van der Waals surface area contributed by atoms with Gasteiger partial charge in [0.1, 0.15) is 29.8 Å². The van der Waals surface area contributed by atoms with E-state index in [9.17, 15) is 19.5 Å². The van der Waals surface area contributed by atoms with E-state index in [-0.39, 0.29) is 36.2 Å². The van der Waals surface area contributed by atoms with Gasteiger partial charge in [0, 0.05) is 5.92 Å². The Bertz CT molecular complexity index is 2230. The van der Waals surface area contributed by atoms with Crippen molar-refractivity contribution in [2.24, 2.45) is 5.92 Å². The smallest absolute Gasteiger partial charge is 0.338 e. The molecular weight excluding hydrogens is 718 g/mol. The summed E-state index contributed by atoms with van der Waals surface area (Å²) in [5.41, 5.74) is 0.784. The topological polar surface area (TPSA) is 176 Å². The summed E-state index contributed by atoms with van der Waals surface area (Å²) in [5.74, 6) is -0.173. The number of anilines is 1. The van der Waals surface area contributed by atoms with Crippen molar-refractivity contribution in [2.45, 2.75) is 31.8 Å². The summed E-state index contributed by atoms with van der Waals surface area (Å²) < 4.78 is 31.5. The van der Waals surface area contributed by atoms with Gasteiger partial charge in [-0.05, 0) is 53.1 Å². The van der Waals surface area contributed by atoms with Gasteiger partial charge >= 0.3 is 5.97 Å². The lowest BCUT2D eigenvalue weighted by atomic mass is 9.80. The molecule has 290 valence electrons. The number of rotatable bonds is 17. The maximum atomic E-state index is 13.1. The van der Waals surface area contributed by atoms with Crippen molar-refractivity contribution in [1.29, 1.82) is 0 Å². The average molecular weight is 762 g/mol. The maximum Gasteiger partial charge on any atom is 0.338 e. The normalized spacial score (nSPS) is 12.6. The van der Waals surface area contributed by atoms with Crippen LogP contribution in [-0.2, 0) is 24.6 Å². The SMILES string of the molecule is COc1ccc(C(OCC(CO)OC(COC(=O)c2ccccc2)n2cnc3c(=O)[nH]c(NC(=O)C(C)C)nc32)(c2ccccc2)c2ccc(OC)cc2)cc1. The Labute approximate surface area is 323 Å². The Hall–Kier alpha value is -6.35. The quantitative estimate of drug-likeness (QED) is 0.0794. The largest absolute Gasteiger partial charge is 0.497 e. The molecule has 4 aromatic carbocycles. The second kappa shape index (κ2) is 17.9. The van der Waals surface area contributed by atoms with Gasteiger partial charge in [0.2, 0.25) is 11.9 Å². The molecule has 14 heteroatoms. The fourth-order valence-electron chi connectivity index (χ4n) is 6.10. The van der Waals surface area contributed by atoms with Crippen LogP contribution in [0.2, 0.25) is 0 Å². The van der Waals surface area contributed by atoms with Gasteiger partial charge in [-0.3, -0.25) is 24.5 Å². The third-order valence-electron chi connectivity index (χ3n) is 9.09. The zero-order chi connectivity index (χ0) is 39.7. The molecule has 56 heavy (non-hydrogen) atoms. The lowest BCUT2D eigenvalue weighted by Gasteiger charge is -2.37. The number of aliphatic hydroxyl groups excluding tert-OH is 1. The minimum absolute atomic E-state index is 0.0428. The summed E-state index contributed by atoms with van der Waals surface area (Å²) in [6.07, 6.45) is -0.890. The zero-order valence-corrected chi connectivity index (χ0v) is 31.4. The number of carbonyl (C=O) groups is 2. The van der Waals surface area contributed by atoms with E-state index in [0.29, 0.717) is 17.1 Å². The highest BCUT2D eigenvalue weighted by Crippen LogP contribution is 2.42. The third kappa shape index (κ3) is 8.62. The molecule has 0 radical (unpaired) electrons. The highest BCUT2D eigenvalue weighted by molar-refractivity contribution is 5.91. The number of methoxy groups -OCH3 is 2. The monoisotopic (exact) mass is 761 g/mol. The molecule has 2 unspecified atom stereocenters. The molecule has 3 N–H and O–H groups in total. The van der Waals surface area contributed by atoms with Gasteiger partial charge < -0.3 is 28.8 Å². The van der Waals surface area contributed by atoms with E-state index in [1.165, 1.54) is 10.9 Å². The van der Waals surface area contributed by atoms with Crippen molar-refractivity contribution in [3.63, 3.8) is 0 Å². The summed E-state index contributed by atoms with van der Waals surface area (Å²) >= 11 is 0. The lowest BCUT2D eigenvalue weighted by Crippen LogP contribution is -2.38. The summed E-state index contributed by atoms with van der Waals surface area (Å²) in [4.78, 5) is 50.0. The van der Waals surface area contributed by atoms with Crippen molar-refractivity contribution < 1.29 is 38.4 Å². The molecule has 0 aliphatic heterocycles. The van der Waals surface area contributed by atoms with Gasteiger partial charge in [-0.2, -0.15) is 4.98 Å². The number of aromatic nitrogens is 4. The van der Waals surface area contributed by atoms with Crippen molar-refractivity contribution >= 4 is 29.0 Å². The number of H-pyrrole nitrogens is 1. The number of hydrogen-bond donors (Lipinski definition) is 3. The standard InChI is InChI=1S/C42H43N5O9/c1-27(2)38(49)45-41-44-37-36(39(50)46-41)43-26-47(37)35(25-54-40(51)28-11-7-5-8-12-28)56-34(23-48)24-55-42(29-13-9-6-10-14-29,30-15-19-32(52-3)20-16-30)31-17-21-33(53-4)22-18-31/h5-22,26-27,34-35,48H,23-25H2,1-4H3,(H2,44,45,46,49,50). The van der Waals surface area contributed by atoms with Gasteiger partial charge in [0.25, 0.3) is 5.56 Å². The number of fused-ring (bicyclic) bond motifs is 1. The fourth-order valence-corrected chi connectivity index (χ4v) is 6.10. The molecule has 0 fully saturated rings. The molecule has 0 saturated heterocycles. The van der Waals surface area contributed by atoms with E-state index in [1.807, 2.05) is 78.9 Å². The predicted octanol–water partition coefficient (Wildman–Crippen LogP) is 5.47. The Morgan fingerprint density at radius 1 is 0.821 bits per heavy atom. The number of amides is 1. The number of esters is 1. The van der Waals surface area contributed by atoms with Gasteiger partial charge in [-0.25, -0.2) is 9.78 Å². The van der Waals surface area contributed by atoms with Crippen molar-refractivity contribution in [3.05, 3.63) is 148 Å². The van der Waals surface area contributed by atoms with Crippen LogP contribution in [-0.4, -0.2) is 76.6 Å². The number of nitrogens with one attached hydrogen (secondary N) is 2. The minimum Gasteiger partial charge on any atom is -0.497 e. The number of carbonyl (C=O) groups excluding carboxylic acids is 2. The molecule has 1 amide bonds. The molecule has 0 saturated carbocycles. The van der Waals surface area contributed by atoms with Crippen molar-refractivity contribution in [2.75, 3.05) is 39.4 Å². The number of nitrogens with zero attached hydrogens (tertiary/aromatic N) is 3. The predicted molar refractivity (Wildman–Crippen MR) is 208 cm³/mol. The molecule has 14 nitrogen and oxygen atoms in total. The summed E-state index contributed by atoms with van der Waals surface area (Å²) in [6.45, 7) is 2.33. The highest BCUT2D eigenvalue weighted by Gasteiger charge is 2.39. The average Bonchev–Trinajstić information content (AvgIpc) is 3.67. The first-order valence-corrected chi connectivity index (χ1v) is 17.9. The van der Waals surface area contributed by atoms with Gasteiger partial charge in [-0.1, -0.05) is 86.6 Å². The van der Waals surface area contributed by atoms with E-state index in [1.54, 1.807) is 58.4 Å². The molecular formula is C42H43N5O9. The number of ether oxygens (including phenoxy) is 5. The molecule has 6 rings (SSSR count). The Kier molecular flexibility index (Phi) is 12.5. The van der Waals surface area contributed by atoms with Crippen LogP contribution < -0.4 is 20.3 Å². The molecule has 0 aliphatic carbocycles. The van der Waals surface area contributed by atoms with E-state index in [2.05, 4.69) is 20.3 Å². The Morgan fingerprint density at radius 3 is 1.95 bits per heavy atom. The van der Waals surface area contributed by atoms with Crippen LogP contribution in [0.4, 0.5) is 5.95 Å². The van der Waals surface area contributed by atoms with Gasteiger partial charge in [0.05, 0.1) is 39.3 Å². The van der Waals surface area contributed by atoms with E-state index in [0.717, 1.165) is 16.7 Å².